The van der Waals surface area contributed by atoms with Gasteiger partial charge in [-0.15, -0.1) is 5.10 Å². The summed E-state index contributed by atoms with van der Waals surface area (Å²) < 4.78 is 1.77. The highest BCUT2D eigenvalue weighted by atomic mass is 16.2. The molecule has 1 aromatic heterocycles. The van der Waals surface area contributed by atoms with Crippen molar-refractivity contribution < 1.29 is 9.59 Å². The van der Waals surface area contributed by atoms with Crippen LogP contribution in [0.3, 0.4) is 0 Å². The van der Waals surface area contributed by atoms with E-state index in [1.165, 1.54) is 0 Å². The number of piperidine rings is 1. The van der Waals surface area contributed by atoms with Crippen LogP contribution >= 0.6 is 0 Å². The molecule has 0 radical (unpaired) electrons. The molecule has 1 aliphatic heterocycles. The quantitative estimate of drug-likeness (QED) is 0.746. The number of anilines is 1. The standard InChI is InChI=1S/C19H26N6O2/c1-12(2)21-18(26)16-10-14(5-4-13(16)3)22-19(27)17-11-25(24-23-17)15-6-8-20-9-7-15/h4-5,10-12,15,20H,6-9H2,1-3H3,(H,21,26)(H,22,27). The first kappa shape index (κ1) is 19.0. The number of nitrogens with zero attached hydrogens (tertiary/aromatic N) is 3. The Morgan fingerprint density at radius 1 is 1.22 bits per heavy atom. The molecule has 1 aliphatic rings. The number of hydrogen-bond donors (Lipinski definition) is 3. The number of hydrogen-bond acceptors (Lipinski definition) is 5. The van der Waals surface area contributed by atoms with E-state index in [0.717, 1.165) is 31.5 Å². The second kappa shape index (κ2) is 8.30. The number of amides is 2. The molecule has 2 amide bonds. The molecule has 0 saturated carbocycles. The number of aromatic nitrogens is 3. The molecule has 0 bridgehead atoms. The van der Waals surface area contributed by atoms with Crippen LogP contribution in [0, 0.1) is 6.92 Å². The maximum absolute atomic E-state index is 12.5. The van der Waals surface area contributed by atoms with Gasteiger partial charge in [0.2, 0.25) is 0 Å². The third-order valence-electron chi connectivity index (χ3n) is 4.59. The van der Waals surface area contributed by atoms with Crippen LogP contribution < -0.4 is 16.0 Å². The van der Waals surface area contributed by atoms with Gasteiger partial charge in [0.05, 0.1) is 12.2 Å². The van der Waals surface area contributed by atoms with Gasteiger partial charge in [-0.05, 0) is 64.4 Å². The van der Waals surface area contributed by atoms with Crippen LogP contribution in [0.4, 0.5) is 5.69 Å². The highest BCUT2D eigenvalue weighted by Gasteiger charge is 2.19. The molecule has 0 atom stereocenters. The topological polar surface area (TPSA) is 101 Å². The van der Waals surface area contributed by atoms with Gasteiger partial charge in [0.25, 0.3) is 11.8 Å². The molecule has 3 N–H and O–H groups in total. The summed E-state index contributed by atoms with van der Waals surface area (Å²) in [5.41, 5.74) is 2.21. The zero-order valence-electron chi connectivity index (χ0n) is 16.0. The SMILES string of the molecule is Cc1ccc(NC(=O)c2cn(C3CCNCC3)nn2)cc1C(=O)NC(C)C. The summed E-state index contributed by atoms with van der Waals surface area (Å²) in [5.74, 6) is -0.496. The van der Waals surface area contributed by atoms with Crippen molar-refractivity contribution in [2.45, 2.75) is 45.7 Å². The van der Waals surface area contributed by atoms with Crippen LogP contribution in [0.5, 0.6) is 0 Å². The van der Waals surface area contributed by atoms with Crippen LogP contribution in [0.25, 0.3) is 0 Å². The summed E-state index contributed by atoms with van der Waals surface area (Å²) in [4.78, 5) is 24.8. The van der Waals surface area contributed by atoms with Crippen molar-refractivity contribution in [3.8, 4) is 0 Å². The summed E-state index contributed by atoms with van der Waals surface area (Å²) >= 11 is 0. The maximum atomic E-state index is 12.5. The molecular formula is C19H26N6O2. The van der Waals surface area contributed by atoms with Crippen molar-refractivity contribution in [1.82, 2.24) is 25.6 Å². The fraction of sp³-hybridized carbons (Fsp3) is 0.474. The van der Waals surface area contributed by atoms with Gasteiger partial charge in [0, 0.05) is 17.3 Å². The lowest BCUT2D eigenvalue weighted by Crippen LogP contribution is -2.30. The Morgan fingerprint density at radius 2 is 1.96 bits per heavy atom. The van der Waals surface area contributed by atoms with Crippen LogP contribution in [0.15, 0.2) is 24.4 Å². The Balaban J connectivity index is 1.70. The molecule has 8 heteroatoms. The van der Waals surface area contributed by atoms with Crippen molar-refractivity contribution in [3.05, 3.63) is 41.2 Å². The lowest BCUT2D eigenvalue weighted by Gasteiger charge is -2.22. The van der Waals surface area contributed by atoms with Crippen LogP contribution in [-0.2, 0) is 0 Å². The molecule has 2 aromatic rings. The largest absolute Gasteiger partial charge is 0.350 e. The van der Waals surface area contributed by atoms with Gasteiger partial charge in [-0.1, -0.05) is 11.3 Å². The third-order valence-corrected chi connectivity index (χ3v) is 4.59. The Morgan fingerprint density at radius 3 is 2.67 bits per heavy atom. The molecule has 0 aliphatic carbocycles. The molecule has 8 nitrogen and oxygen atoms in total. The molecule has 27 heavy (non-hydrogen) atoms. The molecule has 2 heterocycles. The summed E-state index contributed by atoms with van der Waals surface area (Å²) in [7, 11) is 0. The highest BCUT2D eigenvalue weighted by molar-refractivity contribution is 6.04. The molecule has 1 aromatic carbocycles. The average molecular weight is 370 g/mol. The zero-order chi connectivity index (χ0) is 19.4. The van der Waals surface area contributed by atoms with Gasteiger partial charge >= 0.3 is 0 Å². The van der Waals surface area contributed by atoms with E-state index in [-0.39, 0.29) is 29.6 Å². The van der Waals surface area contributed by atoms with Gasteiger partial charge in [-0.3, -0.25) is 9.59 Å². The van der Waals surface area contributed by atoms with Gasteiger partial charge in [-0.25, -0.2) is 4.68 Å². The molecule has 1 saturated heterocycles. The Bertz CT molecular complexity index is 823. The molecule has 144 valence electrons. The van der Waals surface area contributed by atoms with Crippen LogP contribution in [0.2, 0.25) is 0 Å². The summed E-state index contributed by atoms with van der Waals surface area (Å²) in [6.45, 7) is 7.56. The number of benzene rings is 1. The number of rotatable bonds is 5. The van der Waals surface area contributed by atoms with E-state index >= 15 is 0 Å². The van der Waals surface area contributed by atoms with Crippen molar-refractivity contribution in [2.24, 2.45) is 0 Å². The van der Waals surface area contributed by atoms with Crippen molar-refractivity contribution in [1.29, 1.82) is 0 Å². The Labute approximate surface area is 158 Å². The number of carbonyl (C=O) groups excluding carboxylic acids is 2. The van der Waals surface area contributed by atoms with E-state index in [4.69, 9.17) is 0 Å². The van der Waals surface area contributed by atoms with Gasteiger partial charge in [0.1, 0.15) is 0 Å². The monoisotopic (exact) mass is 370 g/mol. The smallest absolute Gasteiger partial charge is 0.277 e. The Kier molecular flexibility index (Phi) is 5.85. The Hall–Kier alpha value is -2.74. The van der Waals surface area contributed by atoms with Gasteiger partial charge in [0.15, 0.2) is 5.69 Å². The molecule has 0 spiro atoms. The lowest BCUT2D eigenvalue weighted by molar-refractivity contribution is 0.0941. The number of aryl methyl sites for hydroxylation is 1. The van der Waals surface area contributed by atoms with Crippen molar-refractivity contribution in [3.63, 3.8) is 0 Å². The second-order valence-corrected chi connectivity index (χ2v) is 7.18. The minimum atomic E-state index is -0.339. The summed E-state index contributed by atoms with van der Waals surface area (Å²) in [6, 6.07) is 5.58. The molecule has 0 unspecified atom stereocenters. The molecule has 3 rings (SSSR count). The first-order valence-corrected chi connectivity index (χ1v) is 9.29. The van der Waals surface area contributed by atoms with Gasteiger partial charge in [-0.2, -0.15) is 0 Å². The van der Waals surface area contributed by atoms with E-state index in [2.05, 4.69) is 26.3 Å². The number of nitrogens with one attached hydrogen (secondary N) is 3. The van der Waals surface area contributed by atoms with Crippen LogP contribution in [-0.4, -0.2) is 45.9 Å². The third kappa shape index (κ3) is 4.71. The molecule has 1 fully saturated rings. The van der Waals surface area contributed by atoms with Crippen LogP contribution in [0.1, 0.15) is 59.1 Å². The predicted octanol–water partition coefficient (Wildman–Crippen LogP) is 1.90. The first-order valence-electron chi connectivity index (χ1n) is 9.29. The highest BCUT2D eigenvalue weighted by Crippen LogP contribution is 2.19. The van der Waals surface area contributed by atoms with Crippen molar-refractivity contribution in [2.75, 3.05) is 18.4 Å². The zero-order valence-corrected chi connectivity index (χ0v) is 16.0. The first-order chi connectivity index (χ1) is 12.9. The van der Waals surface area contributed by atoms with E-state index in [1.807, 2.05) is 26.8 Å². The maximum Gasteiger partial charge on any atom is 0.277 e. The van der Waals surface area contributed by atoms with E-state index < -0.39 is 0 Å². The van der Waals surface area contributed by atoms with E-state index in [0.29, 0.717) is 11.3 Å². The summed E-state index contributed by atoms with van der Waals surface area (Å²) in [6.07, 6.45) is 3.62. The minimum Gasteiger partial charge on any atom is -0.350 e. The second-order valence-electron chi connectivity index (χ2n) is 7.18. The minimum absolute atomic E-state index is 0.0418. The van der Waals surface area contributed by atoms with E-state index in [9.17, 15) is 9.59 Å². The molecular weight excluding hydrogens is 344 g/mol. The predicted molar refractivity (Wildman–Crippen MR) is 103 cm³/mol. The van der Waals surface area contributed by atoms with E-state index in [1.54, 1.807) is 23.0 Å². The summed E-state index contributed by atoms with van der Waals surface area (Å²) in [5, 5.41) is 17.1. The average Bonchev–Trinajstić information content (AvgIpc) is 3.14. The van der Waals surface area contributed by atoms with Gasteiger partial charge < -0.3 is 16.0 Å². The van der Waals surface area contributed by atoms with Crippen molar-refractivity contribution >= 4 is 17.5 Å². The normalized spacial score (nSPS) is 15.0. The lowest BCUT2D eigenvalue weighted by atomic mass is 10.1. The number of carbonyl (C=O) groups is 2. The fourth-order valence-corrected chi connectivity index (χ4v) is 3.11. The fourth-order valence-electron chi connectivity index (χ4n) is 3.11.